The van der Waals surface area contributed by atoms with Crippen molar-refractivity contribution in [1.82, 2.24) is 4.90 Å². The van der Waals surface area contributed by atoms with Crippen LogP contribution in [0.25, 0.3) is 0 Å². The van der Waals surface area contributed by atoms with Crippen LogP contribution in [0.2, 0.25) is 0 Å². The summed E-state index contributed by atoms with van der Waals surface area (Å²) in [4.78, 5) is 15.2. The molecule has 0 radical (unpaired) electrons. The minimum Gasteiger partial charge on any atom is -0.378 e. The first-order valence-corrected chi connectivity index (χ1v) is 9.54. The van der Waals surface area contributed by atoms with Crippen LogP contribution in [0.5, 0.6) is 0 Å². The lowest BCUT2D eigenvalue weighted by Gasteiger charge is -2.57. The Morgan fingerprint density at radius 3 is 2.55 bits per heavy atom. The lowest BCUT2D eigenvalue weighted by Crippen LogP contribution is -2.64. The molecule has 0 aromatic heterocycles. The van der Waals surface area contributed by atoms with Gasteiger partial charge in [0.25, 0.3) is 0 Å². The molecule has 0 saturated heterocycles. The number of carbonyl (C=O) groups excluding carboxylic acids is 1. The van der Waals surface area contributed by atoms with Crippen LogP contribution in [0, 0.1) is 23.2 Å². The Balaban J connectivity index is 1.46. The Morgan fingerprint density at radius 1 is 1.18 bits per heavy atom. The summed E-state index contributed by atoms with van der Waals surface area (Å²) in [5.41, 5.74) is 0.290. The van der Waals surface area contributed by atoms with Gasteiger partial charge in [-0.2, -0.15) is 0 Å². The van der Waals surface area contributed by atoms with Crippen LogP contribution in [0.15, 0.2) is 0 Å². The molecule has 0 aliphatic heterocycles. The molecule has 4 fully saturated rings. The van der Waals surface area contributed by atoms with Crippen molar-refractivity contribution in [2.45, 2.75) is 76.9 Å². The zero-order valence-corrected chi connectivity index (χ0v) is 14.2. The van der Waals surface area contributed by atoms with E-state index in [1.54, 1.807) is 0 Å². The first kappa shape index (κ1) is 15.0. The fourth-order valence-corrected chi connectivity index (χ4v) is 6.36. The quantitative estimate of drug-likeness (QED) is 0.794. The number of carbonyl (C=O) groups is 1. The van der Waals surface area contributed by atoms with Gasteiger partial charge in [-0.25, -0.2) is 0 Å². The van der Waals surface area contributed by atoms with Gasteiger partial charge in [0.1, 0.15) is 0 Å². The summed E-state index contributed by atoms with van der Waals surface area (Å²) in [7, 11) is 2.08. The molecule has 0 aromatic carbocycles. The van der Waals surface area contributed by atoms with Crippen molar-refractivity contribution >= 4 is 5.91 Å². The standard InChI is InChI=1S/C19H31NO2/c1-3-22-17-12-16(19(17)8-4-5-9-19)20(2)18(21)15-11-13-6-7-14(15)10-13/h13-17H,3-12H2,1-2H3. The summed E-state index contributed by atoms with van der Waals surface area (Å²) in [6.07, 6.45) is 11.8. The summed E-state index contributed by atoms with van der Waals surface area (Å²) in [6, 6.07) is 0.443. The number of hydrogen-bond donors (Lipinski definition) is 0. The summed E-state index contributed by atoms with van der Waals surface area (Å²) in [6.45, 7) is 2.91. The van der Waals surface area contributed by atoms with Gasteiger partial charge >= 0.3 is 0 Å². The molecular formula is C19H31NO2. The second kappa shape index (κ2) is 5.51. The Hall–Kier alpha value is -0.570. The normalized spacial score (nSPS) is 41.8. The van der Waals surface area contributed by atoms with Gasteiger partial charge in [0, 0.05) is 31.0 Å². The number of fused-ring (bicyclic) bond motifs is 2. The van der Waals surface area contributed by atoms with E-state index < -0.39 is 0 Å². The van der Waals surface area contributed by atoms with Crippen LogP contribution >= 0.6 is 0 Å². The van der Waals surface area contributed by atoms with E-state index in [2.05, 4.69) is 18.9 Å². The van der Waals surface area contributed by atoms with E-state index in [1.165, 1.54) is 51.4 Å². The van der Waals surface area contributed by atoms with E-state index >= 15 is 0 Å². The Labute approximate surface area is 134 Å². The third-order valence-corrected chi connectivity index (χ3v) is 7.51. The van der Waals surface area contributed by atoms with Crippen LogP contribution in [-0.2, 0) is 9.53 Å². The van der Waals surface area contributed by atoms with Gasteiger partial charge in [0.05, 0.1) is 6.10 Å². The second-order valence-electron chi connectivity index (χ2n) is 8.37. The highest BCUT2D eigenvalue weighted by atomic mass is 16.5. The van der Waals surface area contributed by atoms with E-state index in [0.717, 1.165) is 18.9 Å². The van der Waals surface area contributed by atoms with E-state index in [-0.39, 0.29) is 5.41 Å². The van der Waals surface area contributed by atoms with Crippen molar-refractivity contribution in [3.05, 3.63) is 0 Å². The predicted octanol–water partition coefficient (Wildman–Crippen LogP) is 3.62. The molecule has 4 aliphatic rings. The zero-order valence-electron chi connectivity index (χ0n) is 14.2. The van der Waals surface area contributed by atoms with Crippen LogP contribution in [-0.4, -0.2) is 36.6 Å². The van der Waals surface area contributed by atoms with E-state index in [9.17, 15) is 4.79 Å². The highest BCUT2D eigenvalue weighted by Gasteiger charge is 2.59. The first-order chi connectivity index (χ1) is 10.7. The summed E-state index contributed by atoms with van der Waals surface area (Å²) >= 11 is 0. The first-order valence-electron chi connectivity index (χ1n) is 9.54. The van der Waals surface area contributed by atoms with Crippen molar-refractivity contribution in [1.29, 1.82) is 0 Å². The van der Waals surface area contributed by atoms with Gasteiger partial charge in [-0.15, -0.1) is 0 Å². The maximum absolute atomic E-state index is 13.1. The van der Waals surface area contributed by atoms with Gasteiger partial charge in [0.15, 0.2) is 0 Å². The third-order valence-electron chi connectivity index (χ3n) is 7.51. The van der Waals surface area contributed by atoms with E-state index in [4.69, 9.17) is 4.74 Å². The maximum atomic E-state index is 13.1. The highest BCUT2D eigenvalue weighted by molar-refractivity contribution is 5.80. The van der Waals surface area contributed by atoms with Crippen LogP contribution in [0.3, 0.4) is 0 Å². The Bertz CT molecular complexity index is 443. The molecule has 5 atom stereocenters. The van der Waals surface area contributed by atoms with Gasteiger partial charge in [0.2, 0.25) is 5.91 Å². The molecule has 3 heteroatoms. The van der Waals surface area contributed by atoms with Gasteiger partial charge in [-0.05, 0) is 57.3 Å². The van der Waals surface area contributed by atoms with Crippen molar-refractivity contribution in [3.63, 3.8) is 0 Å². The van der Waals surface area contributed by atoms with Crippen molar-refractivity contribution < 1.29 is 9.53 Å². The third kappa shape index (κ3) is 2.07. The molecule has 4 rings (SSSR count). The molecule has 124 valence electrons. The Kier molecular flexibility index (Phi) is 3.75. The summed E-state index contributed by atoms with van der Waals surface area (Å²) < 4.78 is 6.01. The molecular weight excluding hydrogens is 274 g/mol. The molecule has 1 amide bonds. The zero-order chi connectivity index (χ0) is 15.3. The molecule has 5 unspecified atom stereocenters. The minimum atomic E-state index is 0.290. The molecule has 1 spiro atoms. The van der Waals surface area contributed by atoms with Gasteiger partial charge in [-0.3, -0.25) is 4.79 Å². The largest absolute Gasteiger partial charge is 0.378 e. The molecule has 4 saturated carbocycles. The van der Waals surface area contributed by atoms with Crippen molar-refractivity contribution in [2.24, 2.45) is 23.2 Å². The maximum Gasteiger partial charge on any atom is 0.225 e. The number of amides is 1. The fraction of sp³-hybridized carbons (Fsp3) is 0.947. The molecule has 2 bridgehead atoms. The summed E-state index contributed by atoms with van der Waals surface area (Å²) in [5.74, 6) is 2.35. The number of hydrogen-bond acceptors (Lipinski definition) is 2. The smallest absolute Gasteiger partial charge is 0.225 e. The van der Waals surface area contributed by atoms with E-state index in [0.29, 0.717) is 29.9 Å². The molecule has 0 heterocycles. The average molecular weight is 305 g/mol. The number of rotatable bonds is 4. The summed E-state index contributed by atoms with van der Waals surface area (Å²) in [5, 5.41) is 0. The van der Waals surface area contributed by atoms with Crippen molar-refractivity contribution in [3.8, 4) is 0 Å². The van der Waals surface area contributed by atoms with Gasteiger partial charge in [-0.1, -0.05) is 19.3 Å². The highest BCUT2D eigenvalue weighted by Crippen LogP contribution is 2.57. The molecule has 3 nitrogen and oxygen atoms in total. The molecule has 4 aliphatic carbocycles. The monoisotopic (exact) mass is 305 g/mol. The second-order valence-corrected chi connectivity index (χ2v) is 8.37. The SMILES string of the molecule is CCOC1CC(N(C)C(=O)C2CC3CCC2C3)C12CCCC2. The van der Waals surface area contributed by atoms with Crippen LogP contribution in [0.4, 0.5) is 0 Å². The molecule has 0 N–H and O–H groups in total. The lowest BCUT2D eigenvalue weighted by atomic mass is 9.59. The van der Waals surface area contributed by atoms with Crippen LogP contribution < -0.4 is 0 Å². The van der Waals surface area contributed by atoms with E-state index in [1.807, 2.05) is 0 Å². The lowest BCUT2D eigenvalue weighted by molar-refractivity contribution is -0.175. The topological polar surface area (TPSA) is 29.5 Å². The fourth-order valence-electron chi connectivity index (χ4n) is 6.36. The minimum absolute atomic E-state index is 0.290. The number of nitrogens with zero attached hydrogens (tertiary/aromatic N) is 1. The van der Waals surface area contributed by atoms with Gasteiger partial charge < -0.3 is 9.64 Å². The number of ether oxygens (including phenoxy) is 1. The molecule has 22 heavy (non-hydrogen) atoms. The Morgan fingerprint density at radius 2 is 1.95 bits per heavy atom. The molecule has 0 aromatic rings. The average Bonchev–Trinajstić information content (AvgIpc) is 3.25. The predicted molar refractivity (Wildman–Crippen MR) is 86.4 cm³/mol. The van der Waals surface area contributed by atoms with Crippen LogP contribution in [0.1, 0.15) is 64.7 Å². The van der Waals surface area contributed by atoms with Crippen molar-refractivity contribution in [2.75, 3.05) is 13.7 Å².